The van der Waals surface area contributed by atoms with Crippen LogP contribution in [0.15, 0.2) is 29.2 Å². The van der Waals surface area contributed by atoms with Crippen molar-refractivity contribution in [2.45, 2.75) is 37.6 Å². The van der Waals surface area contributed by atoms with E-state index >= 15 is 0 Å². The summed E-state index contributed by atoms with van der Waals surface area (Å²) in [7, 11) is 2.03. The van der Waals surface area contributed by atoms with Crippen LogP contribution in [0.2, 0.25) is 0 Å². The second-order valence-corrected chi connectivity index (χ2v) is 5.08. The highest BCUT2D eigenvalue weighted by atomic mass is 32.2. The molecule has 84 valence electrons. The van der Waals surface area contributed by atoms with E-state index in [4.69, 9.17) is 0 Å². The number of nitrogens with one attached hydrogen (secondary N) is 1. The molecule has 1 aromatic rings. The maximum Gasteiger partial charge on any atom is 0.0101 e. The molecule has 0 saturated carbocycles. The van der Waals surface area contributed by atoms with Crippen molar-refractivity contribution < 1.29 is 0 Å². The van der Waals surface area contributed by atoms with Crippen molar-refractivity contribution in [3.05, 3.63) is 29.8 Å². The quantitative estimate of drug-likeness (QED) is 0.585. The lowest BCUT2D eigenvalue weighted by molar-refractivity contribution is 0.559. The van der Waals surface area contributed by atoms with E-state index in [9.17, 15) is 0 Å². The molecule has 0 heterocycles. The van der Waals surface area contributed by atoms with Gasteiger partial charge in [0.2, 0.25) is 0 Å². The van der Waals surface area contributed by atoms with E-state index in [1.807, 2.05) is 18.8 Å². The van der Waals surface area contributed by atoms with Crippen molar-refractivity contribution >= 4 is 11.8 Å². The molecule has 0 fully saturated rings. The molecule has 0 bridgehead atoms. The third-order valence-electron chi connectivity index (χ3n) is 2.63. The Balaban J connectivity index is 2.23. The van der Waals surface area contributed by atoms with Crippen LogP contribution in [0.4, 0.5) is 0 Å². The Labute approximate surface area is 97.7 Å². The lowest BCUT2D eigenvalue weighted by atomic mass is 10.2. The van der Waals surface area contributed by atoms with Gasteiger partial charge in [-0.25, -0.2) is 0 Å². The summed E-state index contributed by atoms with van der Waals surface area (Å²) < 4.78 is 0. The Morgan fingerprint density at radius 1 is 1.33 bits per heavy atom. The van der Waals surface area contributed by atoms with Gasteiger partial charge in [-0.1, -0.05) is 18.2 Å². The molecular formula is C13H21NS. The van der Waals surface area contributed by atoms with Crippen LogP contribution in [0.1, 0.15) is 25.3 Å². The lowest BCUT2D eigenvalue weighted by Crippen LogP contribution is -2.20. The fourth-order valence-corrected chi connectivity index (χ4v) is 2.44. The summed E-state index contributed by atoms with van der Waals surface area (Å²) in [5.74, 6) is 1.22. The number of hydrogen-bond acceptors (Lipinski definition) is 2. The van der Waals surface area contributed by atoms with Crippen LogP contribution in [-0.4, -0.2) is 18.8 Å². The van der Waals surface area contributed by atoms with Crippen LogP contribution in [-0.2, 0) is 0 Å². The summed E-state index contributed by atoms with van der Waals surface area (Å²) in [5.41, 5.74) is 1.39. The fourth-order valence-electron chi connectivity index (χ4n) is 1.43. The van der Waals surface area contributed by atoms with Crippen LogP contribution >= 0.6 is 11.8 Å². The van der Waals surface area contributed by atoms with Crippen LogP contribution < -0.4 is 5.32 Å². The van der Waals surface area contributed by atoms with Gasteiger partial charge in [-0.05, 0) is 51.1 Å². The molecule has 0 aliphatic carbocycles. The second-order valence-electron chi connectivity index (χ2n) is 3.95. The first-order chi connectivity index (χ1) is 7.24. The molecule has 2 heteroatoms. The summed E-state index contributed by atoms with van der Waals surface area (Å²) in [6, 6.07) is 9.25. The molecule has 0 radical (unpaired) electrons. The van der Waals surface area contributed by atoms with E-state index < -0.39 is 0 Å². The summed E-state index contributed by atoms with van der Waals surface area (Å²) in [6.45, 7) is 4.41. The highest BCUT2D eigenvalue weighted by Gasteiger charge is 2.00. The fraction of sp³-hybridized carbons (Fsp3) is 0.538. The standard InChI is InChI=1S/C13H21NS/c1-11-7-4-5-9-13(11)15-10-6-8-12(2)14-3/h4-5,7,9,12,14H,6,8,10H2,1-3H3. The van der Waals surface area contributed by atoms with Gasteiger partial charge in [0.25, 0.3) is 0 Å². The molecule has 1 nitrogen and oxygen atoms in total. The van der Waals surface area contributed by atoms with Gasteiger partial charge in [0.05, 0.1) is 0 Å². The Hall–Kier alpha value is -0.470. The lowest BCUT2D eigenvalue weighted by Gasteiger charge is -2.09. The van der Waals surface area contributed by atoms with Crippen molar-refractivity contribution in [1.82, 2.24) is 5.32 Å². The minimum Gasteiger partial charge on any atom is -0.317 e. The number of thioether (sulfide) groups is 1. The van der Waals surface area contributed by atoms with Crippen LogP contribution in [0.5, 0.6) is 0 Å². The maximum atomic E-state index is 3.27. The smallest absolute Gasteiger partial charge is 0.0101 e. The third-order valence-corrected chi connectivity index (χ3v) is 3.89. The molecule has 15 heavy (non-hydrogen) atoms. The summed E-state index contributed by atoms with van der Waals surface area (Å²) in [5, 5.41) is 3.27. The van der Waals surface area contributed by atoms with E-state index in [1.165, 1.54) is 29.1 Å². The zero-order chi connectivity index (χ0) is 11.1. The van der Waals surface area contributed by atoms with E-state index in [0.717, 1.165) is 0 Å². The Morgan fingerprint density at radius 3 is 2.73 bits per heavy atom. The molecule has 1 N–H and O–H groups in total. The van der Waals surface area contributed by atoms with E-state index in [0.29, 0.717) is 6.04 Å². The molecule has 1 aromatic carbocycles. The van der Waals surface area contributed by atoms with E-state index in [1.54, 1.807) is 0 Å². The first-order valence-corrected chi connectivity index (χ1v) is 6.58. The third kappa shape index (κ3) is 4.72. The van der Waals surface area contributed by atoms with Gasteiger partial charge in [0.15, 0.2) is 0 Å². The van der Waals surface area contributed by atoms with Crippen molar-refractivity contribution in [3.8, 4) is 0 Å². The zero-order valence-corrected chi connectivity index (χ0v) is 10.7. The summed E-state index contributed by atoms with van der Waals surface area (Å²) in [6.07, 6.45) is 2.54. The van der Waals surface area contributed by atoms with Gasteiger partial charge in [-0.3, -0.25) is 0 Å². The van der Waals surface area contributed by atoms with Crippen molar-refractivity contribution in [2.75, 3.05) is 12.8 Å². The molecule has 0 aromatic heterocycles. The van der Waals surface area contributed by atoms with Gasteiger partial charge in [0, 0.05) is 10.9 Å². The number of aryl methyl sites for hydroxylation is 1. The predicted octanol–water partition coefficient (Wildman–Crippen LogP) is 3.48. The molecule has 0 aliphatic heterocycles. The molecule has 0 amide bonds. The molecule has 1 rings (SSSR count). The monoisotopic (exact) mass is 223 g/mol. The molecule has 1 unspecified atom stereocenters. The number of benzene rings is 1. The molecular weight excluding hydrogens is 202 g/mol. The first-order valence-electron chi connectivity index (χ1n) is 5.59. The highest BCUT2D eigenvalue weighted by molar-refractivity contribution is 7.99. The van der Waals surface area contributed by atoms with E-state index in [2.05, 4.69) is 43.4 Å². The van der Waals surface area contributed by atoms with Gasteiger partial charge in [0.1, 0.15) is 0 Å². The maximum absolute atomic E-state index is 3.27. The van der Waals surface area contributed by atoms with Gasteiger partial charge < -0.3 is 5.32 Å². The van der Waals surface area contributed by atoms with Gasteiger partial charge >= 0.3 is 0 Å². The van der Waals surface area contributed by atoms with Crippen LogP contribution in [0.25, 0.3) is 0 Å². The minimum atomic E-state index is 0.641. The first kappa shape index (κ1) is 12.6. The molecule has 1 atom stereocenters. The summed E-state index contributed by atoms with van der Waals surface area (Å²) in [4.78, 5) is 1.43. The largest absolute Gasteiger partial charge is 0.317 e. The minimum absolute atomic E-state index is 0.641. The second kappa shape index (κ2) is 6.91. The Kier molecular flexibility index (Phi) is 5.81. The van der Waals surface area contributed by atoms with Gasteiger partial charge in [-0.15, -0.1) is 11.8 Å². The number of hydrogen-bond donors (Lipinski definition) is 1. The molecule has 0 saturated heterocycles. The predicted molar refractivity (Wildman–Crippen MR) is 69.7 cm³/mol. The average Bonchev–Trinajstić information content (AvgIpc) is 2.26. The Bertz CT molecular complexity index is 286. The van der Waals surface area contributed by atoms with Gasteiger partial charge in [-0.2, -0.15) is 0 Å². The van der Waals surface area contributed by atoms with Crippen molar-refractivity contribution in [1.29, 1.82) is 0 Å². The van der Waals surface area contributed by atoms with Crippen LogP contribution in [0.3, 0.4) is 0 Å². The van der Waals surface area contributed by atoms with E-state index in [-0.39, 0.29) is 0 Å². The Morgan fingerprint density at radius 2 is 2.07 bits per heavy atom. The number of rotatable bonds is 6. The summed E-state index contributed by atoms with van der Waals surface area (Å²) >= 11 is 1.97. The molecule has 0 aliphatic rings. The topological polar surface area (TPSA) is 12.0 Å². The zero-order valence-electron chi connectivity index (χ0n) is 9.92. The normalized spacial score (nSPS) is 12.7. The van der Waals surface area contributed by atoms with Crippen LogP contribution in [0, 0.1) is 6.92 Å². The average molecular weight is 223 g/mol. The molecule has 0 spiro atoms. The van der Waals surface area contributed by atoms with Crippen molar-refractivity contribution in [3.63, 3.8) is 0 Å². The SMILES string of the molecule is CNC(C)CCCSc1ccccc1C. The van der Waals surface area contributed by atoms with Crippen molar-refractivity contribution in [2.24, 2.45) is 0 Å². The highest BCUT2D eigenvalue weighted by Crippen LogP contribution is 2.22.